The van der Waals surface area contributed by atoms with Crippen LogP contribution in [0.4, 0.5) is 24.8 Å². The molecule has 4 heterocycles. The minimum Gasteiger partial charge on any atom is -0.362 e. The molecule has 0 amide bonds. The normalized spacial score (nSPS) is 18.3. The summed E-state index contributed by atoms with van der Waals surface area (Å²) in [6, 6.07) is 9.78. The van der Waals surface area contributed by atoms with Gasteiger partial charge in [-0.25, -0.2) is 4.98 Å². The van der Waals surface area contributed by atoms with E-state index < -0.39 is 12.7 Å². The molecule has 2 aromatic heterocycles. The van der Waals surface area contributed by atoms with Gasteiger partial charge in [0.1, 0.15) is 5.82 Å². The highest BCUT2D eigenvalue weighted by atomic mass is 19.4. The Hall–Kier alpha value is -3.45. The summed E-state index contributed by atoms with van der Waals surface area (Å²) < 4.78 is 38.4. The molecule has 2 saturated heterocycles. The van der Waals surface area contributed by atoms with E-state index in [0.29, 0.717) is 37.6 Å². The molecule has 0 aliphatic carbocycles. The van der Waals surface area contributed by atoms with Gasteiger partial charge in [0.25, 0.3) is 0 Å². The second kappa shape index (κ2) is 8.89. The van der Waals surface area contributed by atoms with Crippen molar-refractivity contribution in [1.29, 1.82) is 5.26 Å². The SMILES string of the molecule is Cc1c(C#N)cccc1[C@@H](C)Nc1nnc(C)c2cnc(N3CC4(CCN(CC(F)(F)F)C4)C3)cc12. The first-order valence-electron chi connectivity index (χ1n) is 12.0. The smallest absolute Gasteiger partial charge is 0.362 e. The number of nitrogens with one attached hydrogen (secondary N) is 1. The molecule has 0 radical (unpaired) electrons. The maximum absolute atomic E-state index is 12.8. The minimum atomic E-state index is -4.16. The third-order valence-electron chi connectivity index (χ3n) is 7.45. The Labute approximate surface area is 207 Å². The molecule has 0 bridgehead atoms. The maximum Gasteiger partial charge on any atom is 0.401 e. The first-order chi connectivity index (χ1) is 17.1. The van der Waals surface area contributed by atoms with Crippen molar-refractivity contribution in [3.8, 4) is 6.07 Å². The van der Waals surface area contributed by atoms with Gasteiger partial charge in [0.2, 0.25) is 0 Å². The quantitative estimate of drug-likeness (QED) is 0.547. The van der Waals surface area contributed by atoms with Crippen LogP contribution in [0.5, 0.6) is 0 Å². The molecule has 10 heteroatoms. The fourth-order valence-corrected chi connectivity index (χ4v) is 5.57. The van der Waals surface area contributed by atoms with Gasteiger partial charge in [0.15, 0.2) is 5.82 Å². The molecule has 2 aliphatic heterocycles. The first kappa shape index (κ1) is 24.3. The zero-order valence-electron chi connectivity index (χ0n) is 20.5. The summed E-state index contributed by atoms with van der Waals surface area (Å²) in [5.74, 6) is 1.41. The lowest BCUT2D eigenvalue weighted by atomic mass is 9.79. The van der Waals surface area contributed by atoms with E-state index in [2.05, 4.69) is 31.5 Å². The Morgan fingerprint density at radius 3 is 2.67 bits per heavy atom. The van der Waals surface area contributed by atoms with Crippen molar-refractivity contribution >= 4 is 22.4 Å². The zero-order valence-corrected chi connectivity index (χ0v) is 20.5. The lowest BCUT2D eigenvalue weighted by Crippen LogP contribution is -2.58. The van der Waals surface area contributed by atoms with Gasteiger partial charge in [0.05, 0.1) is 29.9 Å². The van der Waals surface area contributed by atoms with Gasteiger partial charge in [-0.15, -0.1) is 5.10 Å². The number of halogens is 3. The summed E-state index contributed by atoms with van der Waals surface area (Å²) in [5, 5.41) is 23.3. The maximum atomic E-state index is 12.8. The predicted molar refractivity (Wildman–Crippen MR) is 132 cm³/mol. The molecule has 3 aromatic rings. The number of benzene rings is 1. The topological polar surface area (TPSA) is 81.0 Å². The number of aromatic nitrogens is 3. The van der Waals surface area contributed by atoms with Crippen molar-refractivity contribution in [2.75, 3.05) is 42.9 Å². The van der Waals surface area contributed by atoms with E-state index in [4.69, 9.17) is 0 Å². The number of rotatable bonds is 5. The van der Waals surface area contributed by atoms with Gasteiger partial charge in [-0.05, 0) is 57.0 Å². The Morgan fingerprint density at radius 2 is 1.94 bits per heavy atom. The Kier molecular flexibility index (Phi) is 5.99. The molecular weight excluding hydrogens is 467 g/mol. The van der Waals surface area contributed by atoms with Crippen LogP contribution in [0.3, 0.4) is 0 Å². The summed E-state index contributed by atoms with van der Waals surface area (Å²) in [6.07, 6.45) is -1.60. The van der Waals surface area contributed by atoms with E-state index in [1.807, 2.05) is 39.0 Å². The largest absolute Gasteiger partial charge is 0.401 e. The van der Waals surface area contributed by atoms with Crippen molar-refractivity contribution in [3.05, 3.63) is 52.8 Å². The molecule has 1 atom stereocenters. The third-order valence-corrected chi connectivity index (χ3v) is 7.45. The van der Waals surface area contributed by atoms with Crippen molar-refractivity contribution in [2.45, 2.75) is 39.4 Å². The van der Waals surface area contributed by atoms with E-state index in [1.54, 1.807) is 12.3 Å². The van der Waals surface area contributed by atoms with Crippen LogP contribution in [0.25, 0.3) is 10.8 Å². The molecule has 2 fully saturated rings. The Bertz CT molecular complexity index is 1340. The number of pyridine rings is 1. The first-order valence-corrected chi connectivity index (χ1v) is 12.0. The summed E-state index contributed by atoms with van der Waals surface area (Å²) in [4.78, 5) is 8.27. The van der Waals surface area contributed by atoms with E-state index in [9.17, 15) is 18.4 Å². The number of alkyl halides is 3. The average molecular weight is 496 g/mol. The molecule has 1 aromatic carbocycles. The van der Waals surface area contributed by atoms with Crippen molar-refractivity contribution in [3.63, 3.8) is 0 Å². The standard InChI is InChI=1S/C26H28F3N7/c1-16-19(10-30)5-4-6-20(16)17(2)32-24-21-9-23(31-11-22(21)18(3)33-34-24)36-13-25(14-36)7-8-35(12-25)15-26(27,28)29/h4-6,9,11,17H,7-8,12-15H2,1-3H3,(H,32,34)/t17-/m1/s1. The van der Waals surface area contributed by atoms with E-state index in [-0.39, 0.29) is 11.5 Å². The highest BCUT2D eigenvalue weighted by Gasteiger charge is 2.49. The fraction of sp³-hybridized carbons (Fsp3) is 0.462. The summed E-state index contributed by atoms with van der Waals surface area (Å²) in [6.45, 7) is 7.32. The van der Waals surface area contributed by atoms with Gasteiger partial charge in [0, 0.05) is 42.0 Å². The minimum absolute atomic E-state index is 0.104. The van der Waals surface area contributed by atoms with Gasteiger partial charge in [-0.3, -0.25) is 4.90 Å². The van der Waals surface area contributed by atoms with Crippen LogP contribution >= 0.6 is 0 Å². The van der Waals surface area contributed by atoms with Crippen LogP contribution in [0.2, 0.25) is 0 Å². The molecule has 2 aliphatic rings. The van der Waals surface area contributed by atoms with Gasteiger partial charge >= 0.3 is 6.18 Å². The number of nitriles is 1. The monoisotopic (exact) mass is 495 g/mol. The average Bonchev–Trinajstić information content (AvgIpc) is 3.22. The Balaban J connectivity index is 1.36. The van der Waals surface area contributed by atoms with Crippen molar-refractivity contribution < 1.29 is 13.2 Å². The van der Waals surface area contributed by atoms with Crippen LogP contribution in [0.1, 0.15) is 41.8 Å². The van der Waals surface area contributed by atoms with E-state index >= 15 is 0 Å². The number of aryl methyl sites for hydroxylation is 1. The molecule has 1 spiro atoms. The molecule has 0 saturated carbocycles. The van der Waals surface area contributed by atoms with E-state index in [0.717, 1.165) is 39.8 Å². The van der Waals surface area contributed by atoms with Gasteiger partial charge in [-0.1, -0.05) is 12.1 Å². The van der Waals surface area contributed by atoms with Crippen LogP contribution in [-0.4, -0.2) is 59.0 Å². The fourth-order valence-electron chi connectivity index (χ4n) is 5.57. The van der Waals surface area contributed by atoms with Crippen LogP contribution in [-0.2, 0) is 0 Å². The molecule has 5 rings (SSSR count). The lowest BCUT2D eigenvalue weighted by molar-refractivity contribution is -0.144. The van der Waals surface area contributed by atoms with E-state index in [1.165, 1.54) is 4.90 Å². The molecule has 7 nitrogen and oxygen atoms in total. The number of nitrogens with zero attached hydrogens (tertiary/aromatic N) is 6. The number of likely N-dealkylation sites (tertiary alicyclic amines) is 1. The van der Waals surface area contributed by atoms with Crippen LogP contribution < -0.4 is 10.2 Å². The molecule has 188 valence electrons. The van der Waals surface area contributed by atoms with Gasteiger partial charge in [-0.2, -0.15) is 23.5 Å². The highest BCUT2D eigenvalue weighted by Crippen LogP contribution is 2.42. The second-order valence-corrected chi connectivity index (χ2v) is 10.2. The summed E-state index contributed by atoms with van der Waals surface area (Å²) >= 11 is 0. The van der Waals surface area contributed by atoms with Crippen molar-refractivity contribution in [1.82, 2.24) is 20.1 Å². The van der Waals surface area contributed by atoms with Gasteiger partial charge < -0.3 is 10.2 Å². The molecule has 1 N–H and O–H groups in total. The summed E-state index contributed by atoms with van der Waals surface area (Å²) in [5.41, 5.74) is 3.23. The van der Waals surface area contributed by atoms with Crippen LogP contribution in [0, 0.1) is 30.6 Å². The predicted octanol–water partition coefficient (Wildman–Crippen LogP) is 4.76. The molecular formula is C26H28F3N7. The number of hydrogen-bond acceptors (Lipinski definition) is 7. The summed E-state index contributed by atoms with van der Waals surface area (Å²) in [7, 11) is 0. The molecule has 36 heavy (non-hydrogen) atoms. The number of hydrogen-bond donors (Lipinski definition) is 1. The number of anilines is 2. The lowest BCUT2D eigenvalue weighted by Gasteiger charge is -2.49. The third kappa shape index (κ3) is 4.55. The van der Waals surface area contributed by atoms with Crippen molar-refractivity contribution in [2.24, 2.45) is 5.41 Å². The number of fused-ring (bicyclic) bond motifs is 1. The zero-order chi connectivity index (χ0) is 25.7. The second-order valence-electron chi connectivity index (χ2n) is 10.2. The molecule has 0 unspecified atom stereocenters. The highest BCUT2D eigenvalue weighted by molar-refractivity contribution is 5.94. The van der Waals surface area contributed by atoms with Crippen LogP contribution in [0.15, 0.2) is 30.5 Å². The Morgan fingerprint density at radius 1 is 1.17 bits per heavy atom.